The van der Waals surface area contributed by atoms with Gasteiger partial charge in [-0.15, -0.1) is 10.2 Å². The van der Waals surface area contributed by atoms with Crippen molar-refractivity contribution in [1.82, 2.24) is 39.5 Å². The molecule has 1 amide bonds. The fraction of sp³-hybridized carbons (Fsp3) is 0.304. The van der Waals surface area contributed by atoms with E-state index in [0.717, 1.165) is 17.1 Å². The van der Waals surface area contributed by atoms with Gasteiger partial charge in [-0.25, -0.2) is 9.36 Å². The van der Waals surface area contributed by atoms with E-state index in [9.17, 15) is 9.59 Å². The summed E-state index contributed by atoms with van der Waals surface area (Å²) < 4.78 is 3.26. The molecule has 168 valence electrons. The first-order chi connectivity index (χ1) is 16.0. The molecule has 5 rings (SSSR count). The average Bonchev–Trinajstić information content (AvgIpc) is 3.46. The van der Waals surface area contributed by atoms with Crippen LogP contribution in [-0.4, -0.2) is 58.5 Å². The summed E-state index contributed by atoms with van der Waals surface area (Å²) in [5, 5.41) is 17.6. The number of rotatable bonds is 4. The molecule has 1 aliphatic heterocycles. The van der Waals surface area contributed by atoms with Crippen LogP contribution in [0.5, 0.6) is 0 Å². The van der Waals surface area contributed by atoms with E-state index in [-0.39, 0.29) is 17.5 Å². The van der Waals surface area contributed by atoms with Crippen LogP contribution < -0.4 is 5.56 Å². The van der Waals surface area contributed by atoms with E-state index in [2.05, 4.69) is 20.4 Å². The zero-order valence-electron chi connectivity index (χ0n) is 18.5. The van der Waals surface area contributed by atoms with Gasteiger partial charge in [-0.3, -0.25) is 9.59 Å². The number of aromatic nitrogens is 7. The Morgan fingerprint density at radius 3 is 2.42 bits per heavy atom. The SMILES string of the molecule is Cc1cc(C)n(-c2ccc(=O)n(C3CCN(C(=O)c4cnn(-c5ccccc5)n4)CC3)n2)n1. The van der Waals surface area contributed by atoms with Gasteiger partial charge in [0.15, 0.2) is 11.5 Å². The number of carbonyl (C=O) groups excluding carboxylic acids is 1. The van der Waals surface area contributed by atoms with Gasteiger partial charge in [0.25, 0.3) is 11.5 Å². The molecule has 1 saturated heterocycles. The van der Waals surface area contributed by atoms with Crippen molar-refractivity contribution in [2.45, 2.75) is 32.7 Å². The second-order valence-electron chi connectivity index (χ2n) is 8.19. The molecule has 1 fully saturated rings. The summed E-state index contributed by atoms with van der Waals surface area (Å²) in [5.41, 5.74) is 2.79. The monoisotopic (exact) mass is 444 g/mol. The predicted octanol–water partition coefficient (Wildman–Crippen LogP) is 2.10. The van der Waals surface area contributed by atoms with E-state index in [1.54, 1.807) is 15.6 Å². The molecule has 1 aromatic carbocycles. The predicted molar refractivity (Wildman–Crippen MR) is 121 cm³/mol. The number of para-hydroxylation sites is 1. The first kappa shape index (κ1) is 20.8. The second-order valence-corrected chi connectivity index (χ2v) is 8.19. The van der Waals surface area contributed by atoms with Crippen molar-refractivity contribution in [2.75, 3.05) is 13.1 Å². The summed E-state index contributed by atoms with van der Waals surface area (Å²) in [6.45, 7) is 4.90. The molecule has 10 heteroatoms. The minimum Gasteiger partial charge on any atom is -0.337 e. The molecule has 0 saturated carbocycles. The Morgan fingerprint density at radius 1 is 0.970 bits per heavy atom. The summed E-state index contributed by atoms with van der Waals surface area (Å²) in [4.78, 5) is 28.7. The Bertz CT molecular complexity index is 1350. The number of likely N-dealkylation sites (tertiary alicyclic amines) is 1. The van der Waals surface area contributed by atoms with E-state index < -0.39 is 0 Å². The highest BCUT2D eigenvalue weighted by Gasteiger charge is 2.27. The lowest BCUT2D eigenvalue weighted by atomic mass is 10.0. The summed E-state index contributed by atoms with van der Waals surface area (Å²) in [5.74, 6) is 0.448. The molecule has 4 heterocycles. The first-order valence-electron chi connectivity index (χ1n) is 10.9. The van der Waals surface area contributed by atoms with Crippen LogP contribution in [0.4, 0.5) is 0 Å². The molecule has 1 aliphatic rings. The normalized spacial score (nSPS) is 14.5. The van der Waals surface area contributed by atoms with Crippen LogP contribution in [0, 0.1) is 13.8 Å². The van der Waals surface area contributed by atoms with Crippen LogP contribution in [0.15, 0.2) is 59.5 Å². The fourth-order valence-corrected chi connectivity index (χ4v) is 4.17. The lowest BCUT2D eigenvalue weighted by Gasteiger charge is -2.31. The summed E-state index contributed by atoms with van der Waals surface area (Å²) in [6.07, 6.45) is 2.75. The van der Waals surface area contributed by atoms with Crippen LogP contribution in [0.1, 0.15) is 40.8 Å². The lowest BCUT2D eigenvalue weighted by Crippen LogP contribution is -2.41. The fourth-order valence-electron chi connectivity index (χ4n) is 4.17. The van der Waals surface area contributed by atoms with Crippen LogP contribution >= 0.6 is 0 Å². The van der Waals surface area contributed by atoms with Gasteiger partial charge in [-0.2, -0.15) is 15.0 Å². The highest BCUT2D eigenvalue weighted by molar-refractivity contribution is 5.92. The number of amides is 1. The Morgan fingerprint density at radius 2 is 1.73 bits per heavy atom. The molecule has 0 bridgehead atoms. The van der Waals surface area contributed by atoms with Gasteiger partial charge in [0.05, 0.1) is 23.6 Å². The number of carbonyl (C=O) groups is 1. The van der Waals surface area contributed by atoms with Crippen LogP contribution in [0.3, 0.4) is 0 Å². The molecule has 0 spiro atoms. The number of nitrogens with zero attached hydrogens (tertiary/aromatic N) is 8. The maximum atomic E-state index is 12.9. The molecule has 10 nitrogen and oxygen atoms in total. The number of aryl methyl sites for hydroxylation is 2. The van der Waals surface area contributed by atoms with Crippen LogP contribution in [-0.2, 0) is 0 Å². The van der Waals surface area contributed by atoms with Gasteiger partial charge in [0.2, 0.25) is 0 Å². The van der Waals surface area contributed by atoms with E-state index in [4.69, 9.17) is 0 Å². The third-order valence-corrected chi connectivity index (χ3v) is 5.83. The summed E-state index contributed by atoms with van der Waals surface area (Å²) in [7, 11) is 0. The van der Waals surface area contributed by atoms with Crippen molar-refractivity contribution in [3.8, 4) is 11.5 Å². The molecule has 33 heavy (non-hydrogen) atoms. The molecule has 0 atom stereocenters. The largest absolute Gasteiger partial charge is 0.337 e. The van der Waals surface area contributed by atoms with Gasteiger partial charge < -0.3 is 4.90 Å². The minimum atomic E-state index is -0.160. The lowest BCUT2D eigenvalue weighted by molar-refractivity contribution is 0.0681. The zero-order chi connectivity index (χ0) is 22.9. The topological polar surface area (TPSA) is 104 Å². The zero-order valence-corrected chi connectivity index (χ0v) is 18.5. The first-order valence-corrected chi connectivity index (χ1v) is 10.9. The molecule has 0 unspecified atom stereocenters. The summed E-state index contributed by atoms with van der Waals surface area (Å²) in [6, 6.07) is 14.6. The summed E-state index contributed by atoms with van der Waals surface area (Å²) >= 11 is 0. The Labute approximate surface area is 190 Å². The van der Waals surface area contributed by atoms with Crippen molar-refractivity contribution in [2.24, 2.45) is 0 Å². The number of piperidine rings is 1. The Hall–Kier alpha value is -4.08. The maximum absolute atomic E-state index is 12.9. The molecule has 0 N–H and O–H groups in total. The van der Waals surface area contributed by atoms with E-state index >= 15 is 0 Å². The van der Waals surface area contributed by atoms with E-state index in [1.807, 2.05) is 50.2 Å². The number of benzene rings is 1. The molecule has 4 aromatic rings. The van der Waals surface area contributed by atoms with Crippen molar-refractivity contribution in [3.05, 3.63) is 82.2 Å². The Balaban J connectivity index is 1.29. The molecule has 3 aromatic heterocycles. The smallest absolute Gasteiger partial charge is 0.276 e. The van der Waals surface area contributed by atoms with Gasteiger partial charge in [0, 0.05) is 24.8 Å². The molecular weight excluding hydrogens is 420 g/mol. The average molecular weight is 444 g/mol. The van der Waals surface area contributed by atoms with Crippen molar-refractivity contribution >= 4 is 5.91 Å². The van der Waals surface area contributed by atoms with Gasteiger partial charge in [-0.05, 0) is 51.0 Å². The third kappa shape index (κ3) is 4.07. The van der Waals surface area contributed by atoms with Crippen LogP contribution in [0.25, 0.3) is 11.5 Å². The highest BCUT2D eigenvalue weighted by Crippen LogP contribution is 2.22. The van der Waals surface area contributed by atoms with E-state index in [0.29, 0.717) is 37.4 Å². The van der Waals surface area contributed by atoms with Crippen molar-refractivity contribution < 1.29 is 4.79 Å². The maximum Gasteiger partial charge on any atom is 0.276 e. The quantitative estimate of drug-likeness (QED) is 0.478. The standard InChI is InChI=1S/C23H24N8O2/c1-16-14-17(2)29(25-16)21-8-9-22(32)30(27-21)18-10-12-28(13-11-18)23(33)20-15-24-31(26-20)19-6-4-3-5-7-19/h3-9,14-15,18H,10-13H2,1-2H3. The van der Waals surface area contributed by atoms with Gasteiger partial charge in [-0.1, -0.05) is 18.2 Å². The molecule has 0 aliphatic carbocycles. The van der Waals surface area contributed by atoms with Crippen molar-refractivity contribution in [1.29, 1.82) is 0 Å². The van der Waals surface area contributed by atoms with Crippen LogP contribution in [0.2, 0.25) is 0 Å². The molecular formula is C23H24N8O2. The number of hydrogen-bond acceptors (Lipinski definition) is 6. The van der Waals surface area contributed by atoms with E-state index in [1.165, 1.54) is 21.7 Å². The highest BCUT2D eigenvalue weighted by atomic mass is 16.2. The second kappa shape index (κ2) is 8.45. The van der Waals surface area contributed by atoms with Gasteiger partial charge in [0.1, 0.15) is 0 Å². The molecule has 0 radical (unpaired) electrons. The number of hydrogen-bond donors (Lipinski definition) is 0. The van der Waals surface area contributed by atoms with Gasteiger partial charge >= 0.3 is 0 Å². The minimum absolute atomic E-state index is 0.0848. The third-order valence-electron chi connectivity index (χ3n) is 5.83. The Kier molecular flexibility index (Phi) is 5.33. The van der Waals surface area contributed by atoms with Crippen molar-refractivity contribution in [3.63, 3.8) is 0 Å².